The van der Waals surface area contributed by atoms with Gasteiger partial charge in [-0.1, -0.05) is 28.9 Å². The number of benzene rings is 1. The normalized spacial score (nSPS) is 11.0. The highest BCUT2D eigenvalue weighted by Gasteiger charge is 2.07. The van der Waals surface area contributed by atoms with Crippen LogP contribution in [-0.2, 0) is 6.54 Å². The lowest BCUT2D eigenvalue weighted by Gasteiger charge is -2.19. The van der Waals surface area contributed by atoms with Gasteiger partial charge in [0.2, 0.25) is 0 Å². The molecule has 0 spiro atoms. The van der Waals surface area contributed by atoms with Crippen molar-refractivity contribution in [1.82, 2.24) is 4.90 Å². The Kier molecular flexibility index (Phi) is 5.22. The monoisotopic (exact) mass is 275 g/mol. The first kappa shape index (κ1) is 12.6. The van der Waals surface area contributed by atoms with Crippen molar-refractivity contribution < 1.29 is 9.50 Å². The van der Waals surface area contributed by atoms with Gasteiger partial charge in [0.05, 0.1) is 6.61 Å². The van der Waals surface area contributed by atoms with Gasteiger partial charge in [-0.15, -0.1) is 0 Å². The number of nitrogens with zero attached hydrogens (tertiary/aromatic N) is 1. The number of halogens is 2. The molecule has 0 aliphatic carbocycles. The van der Waals surface area contributed by atoms with E-state index >= 15 is 0 Å². The molecule has 1 rings (SSSR count). The molecule has 0 radical (unpaired) electrons. The van der Waals surface area contributed by atoms with Gasteiger partial charge in [-0.2, -0.15) is 0 Å². The molecule has 1 aromatic rings. The first-order chi connectivity index (χ1) is 7.17. The van der Waals surface area contributed by atoms with Crippen molar-refractivity contribution in [3.8, 4) is 0 Å². The summed E-state index contributed by atoms with van der Waals surface area (Å²) >= 11 is 3.22. The summed E-state index contributed by atoms with van der Waals surface area (Å²) in [6, 6.07) is 5.05. The number of likely N-dealkylation sites (N-methyl/N-ethyl adjacent to an activating group) is 1. The lowest BCUT2D eigenvalue weighted by molar-refractivity contribution is 0.195. The third-order valence-corrected chi connectivity index (χ3v) is 2.77. The molecule has 0 heterocycles. The molecule has 0 bridgehead atoms. The van der Waals surface area contributed by atoms with Crippen molar-refractivity contribution in [2.45, 2.75) is 13.5 Å². The Balaban J connectivity index is 2.70. The predicted molar refractivity (Wildman–Crippen MR) is 62.1 cm³/mol. The summed E-state index contributed by atoms with van der Waals surface area (Å²) in [6.45, 7) is 4.01. The molecular weight excluding hydrogens is 261 g/mol. The fourth-order valence-electron chi connectivity index (χ4n) is 1.38. The van der Waals surface area contributed by atoms with Crippen LogP contribution in [0.4, 0.5) is 4.39 Å². The van der Waals surface area contributed by atoms with E-state index in [2.05, 4.69) is 15.9 Å². The molecule has 0 saturated heterocycles. The van der Waals surface area contributed by atoms with Gasteiger partial charge in [0, 0.05) is 23.1 Å². The Labute approximate surface area is 97.8 Å². The van der Waals surface area contributed by atoms with Gasteiger partial charge < -0.3 is 5.11 Å². The van der Waals surface area contributed by atoms with Crippen molar-refractivity contribution >= 4 is 15.9 Å². The highest BCUT2D eigenvalue weighted by molar-refractivity contribution is 9.10. The number of rotatable bonds is 5. The average Bonchev–Trinajstić information content (AvgIpc) is 2.21. The molecule has 15 heavy (non-hydrogen) atoms. The summed E-state index contributed by atoms with van der Waals surface area (Å²) in [5.41, 5.74) is 0.661. The highest BCUT2D eigenvalue weighted by Crippen LogP contribution is 2.16. The standard InChI is InChI=1S/C11H15BrFNO/c1-2-14(5-6-15)8-9-3-4-10(12)7-11(9)13/h3-4,7,15H,2,5-6,8H2,1H3. The maximum Gasteiger partial charge on any atom is 0.128 e. The maximum atomic E-state index is 13.5. The molecule has 0 aliphatic rings. The van der Waals surface area contributed by atoms with Gasteiger partial charge in [-0.05, 0) is 18.7 Å². The van der Waals surface area contributed by atoms with Crippen LogP contribution in [0.25, 0.3) is 0 Å². The van der Waals surface area contributed by atoms with Gasteiger partial charge in [0.1, 0.15) is 5.82 Å². The summed E-state index contributed by atoms with van der Waals surface area (Å²) < 4.78 is 14.2. The zero-order valence-electron chi connectivity index (χ0n) is 8.71. The zero-order chi connectivity index (χ0) is 11.3. The topological polar surface area (TPSA) is 23.5 Å². The van der Waals surface area contributed by atoms with E-state index in [1.165, 1.54) is 6.07 Å². The van der Waals surface area contributed by atoms with Gasteiger partial charge in [0.15, 0.2) is 0 Å². The van der Waals surface area contributed by atoms with Crippen molar-refractivity contribution in [2.75, 3.05) is 19.7 Å². The Morgan fingerprint density at radius 1 is 1.47 bits per heavy atom. The number of aliphatic hydroxyl groups is 1. The van der Waals surface area contributed by atoms with Gasteiger partial charge >= 0.3 is 0 Å². The predicted octanol–water partition coefficient (Wildman–Crippen LogP) is 2.40. The molecule has 0 fully saturated rings. The SMILES string of the molecule is CCN(CCO)Cc1ccc(Br)cc1F. The molecule has 4 heteroatoms. The summed E-state index contributed by atoms with van der Waals surface area (Å²) in [5.74, 6) is -0.208. The highest BCUT2D eigenvalue weighted by atomic mass is 79.9. The van der Waals surface area contributed by atoms with E-state index in [1.54, 1.807) is 6.07 Å². The van der Waals surface area contributed by atoms with Crippen LogP contribution >= 0.6 is 15.9 Å². The summed E-state index contributed by atoms with van der Waals surface area (Å²) in [4.78, 5) is 1.99. The van der Waals surface area contributed by atoms with E-state index in [-0.39, 0.29) is 12.4 Å². The van der Waals surface area contributed by atoms with Crippen molar-refractivity contribution in [3.63, 3.8) is 0 Å². The third kappa shape index (κ3) is 3.89. The molecule has 2 nitrogen and oxygen atoms in total. The van der Waals surface area contributed by atoms with Crippen LogP contribution in [0.1, 0.15) is 12.5 Å². The van der Waals surface area contributed by atoms with Crippen LogP contribution in [0.5, 0.6) is 0 Å². The van der Waals surface area contributed by atoms with E-state index in [0.29, 0.717) is 18.7 Å². The molecule has 0 saturated carbocycles. The second kappa shape index (κ2) is 6.20. The van der Waals surface area contributed by atoms with E-state index < -0.39 is 0 Å². The molecule has 1 N–H and O–H groups in total. The van der Waals surface area contributed by atoms with Crippen LogP contribution in [0.2, 0.25) is 0 Å². The van der Waals surface area contributed by atoms with E-state index in [9.17, 15) is 4.39 Å². The minimum atomic E-state index is -0.208. The second-order valence-electron chi connectivity index (χ2n) is 3.33. The molecule has 0 aliphatic heterocycles. The third-order valence-electron chi connectivity index (χ3n) is 2.27. The van der Waals surface area contributed by atoms with Gasteiger partial charge in [0.25, 0.3) is 0 Å². The quantitative estimate of drug-likeness (QED) is 0.892. The van der Waals surface area contributed by atoms with Crippen LogP contribution in [0.15, 0.2) is 22.7 Å². The molecule has 84 valence electrons. The molecular formula is C11H15BrFNO. The molecule has 0 unspecified atom stereocenters. The lowest BCUT2D eigenvalue weighted by atomic mass is 10.2. The molecule has 0 amide bonds. The first-order valence-corrected chi connectivity index (χ1v) is 5.73. The number of aliphatic hydroxyl groups excluding tert-OH is 1. The van der Waals surface area contributed by atoms with Crippen molar-refractivity contribution in [1.29, 1.82) is 0 Å². The zero-order valence-corrected chi connectivity index (χ0v) is 10.3. The second-order valence-corrected chi connectivity index (χ2v) is 4.24. The van der Waals surface area contributed by atoms with Crippen LogP contribution in [0.3, 0.4) is 0 Å². The van der Waals surface area contributed by atoms with Crippen LogP contribution in [-0.4, -0.2) is 29.7 Å². The van der Waals surface area contributed by atoms with Crippen LogP contribution < -0.4 is 0 Å². The Bertz CT molecular complexity index is 319. The van der Waals surface area contributed by atoms with Crippen molar-refractivity contribution in [2.24, 2.45) is 0 Å². The lowest BCUT2D eigenvalue weighted by Crippen LogP contribution is -2.26. The summed E-state index contributed by atoms with van der Waals surface area (Å²) in [7, 11) is 0. The molecule has 0 atom stereocenters. The Hall–Kier alpha value is -0.450. The fraction of sp³-hybridized carbons (Fsp3) is 0.455. The first-order valence-electron chi connectivity index (χ1n) is 4.94. The summed E-state index contributed by atoms with van der Waals surface area (Å²) in [6.07, 6.45) is 0. The average molecular weight is 276 g/mol. The maximum absolute atomic E-state index is 13.5. The fourth-order valence-corrected chi connectivity index (χ4v) is 1.71. The van der Waals surface area contributed by atoms with Crippen molar-refractivity contribution in [3.05, 3.63) is 34.1 Å². The Morgan fingerprint density at radius 3 is 2.73 bits per heavy atom. The molecule has 1 aromatic carbocycles. The summed E-state index contributed by atoms with van der Waals surface area (Å²) in [5, 5.41) is 8.82. The minimum Gasteiger partial charge on any atom is -0.395 e. The largest absolute Gasteiger partial charge is 0.395 e. The smallest absolute Gasteiger partial charge is 0.128 e. The molecule has 0 aromatic heterocycles. The Morgan fingerprint density at radius 2 is 2.20 bits per heavy atom. The van der Waals surface area contributed by atoms with E-state index in [0.717, 1.165) is 11.0 Å². The van der Waals surface area contributed by atoms with E-state index in [4.69, 9.17) is 5.11 Å². The minimum absolute atomic E-state index is 0.103. The van der Waals surface area contributed by atoms with E-state index in [1.807, 2.05) is 17.9 Å². The van der Waals surface area contributed by atoms with Crippen LogP contribution in [0, 0.1) is 5.82 Å². The number of hydrogen-bond acceptors (Lipinski definition) is 2. The van der Waals surface area contributed by atoms with Gasteiger partial charge in [-0.3, -0.25) is 4.90 Å². The number of hydrogen-bond donors (Lipinski definition) is 1. The van der Waals surface area contributed by atoms with Gasteiger partial charge in [-0.25, -0.2) is 4.39 Å².